The molecule has 7 heteroatoms. The fourth-order valence-corrected chi connectivity index (χ4v) is 3.28. The number of aromatic amines is 1. The van der Waals surface area contributed by atoms with Gasteiger partial charge in [-0.05, 0) is 35.8 Å². The molecule has 1 saturated heterocycles. The number of benzene rings is 1. The molecule has 7 nitrogen and oxygen atoms in total. The number of tetrazole rings is 1. The molecule has 0 aliphatic carbocycles. The lowest BCUT2D eigenvalue weighted by molar-refractivity contribution is 0.0675. The summed E-state index contributed by atoms with van der Waals surface area (Å²) in [5, 5.41) is 14.1. The molecule has 0 radical (unpaired) electrons. The fraction of sp³-hybridized carbons (Fsp3) is 0.368. The Morgan fingerprint density at radius 2 is 2.04 bits per heavy atom. The van der Waals surface area contributed by atoms with E-state index in [0.29, 0.717) is 11.9 Å². The van der Waals surface area contributed by atoms with Gasteiger partial charge in [-0.25, -0.2) is 0 Å². The predicted octanol–water partition coefficient (Wildman–Crippen LogP) is 2.44. The normalized spacial score (nSPS) is 17.0. The molecule has 1 aliphatic heterocycles. The Morgan fingerprint density at radius 1 is 1.12 bits per heavy atom. The summed E-state index contributed by atoms with van der Waals surface area (Å²) in [6.45, 7) is 3.46. The maximum atomic E-state index is 5.84. The lowest BCUT2D eigenvalue weighted by Crippen LogP contribution is -2.31. The van der Waals surface area contributed by atoms with Crippen molar-refractivity contribution in [3.63, 3.8) is 0 Å². The third kappa shape index (κ3) is 4.30. The monoisotopic (exact) mass is 350 g/mol. The Hall–Kier alpha value is -2.64. The Labute approximate surface area is 152 Å². The lowest BCUT2D eigenvalue weighted by atomic mass is 10.1. The molecule has 26 heavy (non-hydrogen) atoms. The Bertz CT molecular complexity index is 785. The van der Waals surface area contributed by atoms with E-state index < -0.39 is 0 Å². The first-order chi connectivity index (χ1) is 12.9. The topological polar surface area (TPSA) is 79.8 Å². The molecule has 0 spiro atoms. The standard InChI is InChI=1S/C19H22N6O/c1-2-10-20-17(4-1)13-25(14-18-5-3-11-26-18)12-15-6-8-16(9-7-15)19-21-23-24-22-19/h1-2,4,6-10,18H,3,5,11-14H2,(H,21,22,23,24)/t18-/m0/s1. The molecule has 3 heterocycles. The number of ether oxygens (including phenoxy) is 1. The summed E-state index contributed by atoms with van der Waals surface area (Å²) in [5.74, 6) is 0.612. The van der Waals surface area contributed by atoms with E-state index >= 15 is 0 Å². The molecule has 0 unspecified atom stereocenters. The number of rotatable bonds is 7. The average molecular weight is 350 g/mol. The molecule has 1 N–H and O–H groups in total. The van der Waals surface area contributed by atoms with Gasteiger partial charge in [0.05, 0.1) is 11.8 Å². The van der Waals surface area contributed by atoms with Crippen LogP contribution in [0.5, 0.6) is 0 Å². The summed E-state index contributed by atoms with van der Waals surface area (Å²) in [6, 6.07) is 14.4. The van der Waals surface area contributed by atoms with Crippen LogP contribution in [0.4, 0.5) is 0 Å². The van der Waals surface area contributed by atoms with Gasteiger partial charge in [-0.3, -0.25) is 9.88 Å². The van der Waals surface area contributed by atoms with E-state index in [9.17, 15) is 0 Å². The Kier molecular flexibility index (Phi) is 5.27. The number of H-pyrrole nitrogens is 1. The lowest BCUT2D eigenvalue weighted by Gasteiger charge is -2.25. The van der Waals surface area contributed by atoms with E-state index in [1.54, 1.807) is 0 Å². The van der Waals surface area contributed by atoms with E-state index in [4.69, 9.17) is 4.74 Å². The van der Waals surface area contributed by atoms with Gasteiger partial charge in [0.1, 0.15) is 0 Å². The van der Waals surface area contributed by atoms with E-state index in [1.165, 1.54) is 5.56 Å². The number of nitrogens with one attached hydrogen (secondary N) is 1. The number of pyridine rings is 1. The zero-order chi connectivity index (χ0) is 17.6. The SMILES string of the molecule is c1ccc(CN(Cc2ccc(-c3nn[nH]n3)cc2)C[C@@H]2CCCO2)nc1. The Morgan fingerprint density at radius 3 is 2.73 bits per heavy atom. The zero-order valence-electron chi connectivity index (χ0n) is 14.6. The largest absolute Gasteiger partial charge is 0.377 e. The summed E-state index contributed by atoms with van der Waals surface area (Å²) >= 11 is 0. The van der Waals surface area contributed by atoms with Crippen LogP contribution < -0.4 is 0 Å². The van der Waals surface area contributed by atoms with Gasteiger partial charge >= 0.3 is 0 Å². The van der Waals surface area contributed by atoms with E-state index in [1.807, 2.05) is 30.5 Å². The van der Waals surface area contributed by atoms with Gasteiger partial charge in [0.25, 0.3) is 0 Å². The van der Waals surface area contributed by atoms with Crippen molar-refractivity contribution in [2.24, 2.45) is 0 Å². The molecule has 1 aromatic carbocycles. The van der Waals surface area contributed by atoms with Gasteiger partial charge in [0, 0.05) is 38.0 Å². The maximum Gasteiger partial charge on any atom is 0.204 e. The number of hydrogen-bond donors (Lipinski definition) is 1. The minimum Gasteiger partial charge on any atom is -0.377 e. The van der Waals surface area contributed by atoms with Crippen LogP contribution in [0.3, 0.4) is 0 Å². The molecule has 1 atom stereocenters. The molecule has 1 fully saturated rings. The first-order valence-electron chi connectivity index (χ1n) is 8.93. The highest BCUT2D eigenvalue weighted by Gasteiger charge is 2.20. The van der Waals surface area contributed by atoms with Crippen LogP contribution in [-0.4, -0.2) is 49.8 Å². The first kappa shape index (κ1) is 16.8. The second kappa shape index (κ2) is 8.16. The molecule has 1 aliphatic rings. The van der Waals surface area contributed by atoms with Crippen LogP contribution in [0.15, 0.2) is 48.7 Å². The minimum atomic E-state index is 0.317. The summed E-state index contributed by atoms with van der Waals surface area (Å²) < 4.78 is 5.84. The second-order valence-corrected chi connectivity index (χ2v) is 6.56. The summed E-state index contributed by atoms with van der Waals surface area (Å²) in [5.41, 5.74) is 3.28. The van der Waals surface area contributed by atoms with Crippen LogP contribution in [-0.2, 0) is 17.8 Å². The van der Waals surface area contributed by atoms with Crippen molar-refractivity contribution in [2.45, 2.75) is 32.0 Å². The van der Waals surface area contributed by atoms with Gasteiger partial charge in [-0.15, -0.1) is 10.2 Å². The van der Waals surface area contributed by atoms with Crippen LogP contribution in [0.1, 0.15) is 24.1 Å². The van der Waals surface area contributed by atoms with Crippen LogP contribution in [0, 0.1) is 0 Å². The first-order valence-corrected chi connectivity index (χ1v) is 8.93. The van der Waals surface area contributed by atoms with Crippen molar-refractivity contribution in [2.75, 3.05) is 13.2 Å². The third-order valence-corrected chi connectivity index (χ3v) is 4.56. The van der Waals surface area contributed by atoms with Gasteiger partial charge in [-0.1, -0.05) is 30.3 Å². The van der Waals surface area contributed by atoms with Gasteiger partial charge < -0.3 is 4.74 Å². The highest BCUT2D eigenvalue weighted by molar-refractivity contribution is 5.54. The van der Waals surface area contributed by atoms with Crippen molar-refractivity contribution in [1.82, 2.24) is 30.5 Å². The minimum absolute atomic E-state index is 0.317. The highest BCUT2D eigenvalue weighted by atomic mass is 16.5. The van der Waals surface area contributed by atoms with Crippen LogP contribution in [0.2, 0.25) is 0 Å². The van der Waals surface area contributed by atoms with Crippen LogP contribution in [0.25, 0.3) is 11.4 Å². The maximum absolute atomic E-state index is 5.84. The average Bonchev–Trinajstić information content (AvgIpc) is 3.37. The van der Waals surface area contributed by atoms with Crippen molar-refractivity contribution in [3.05, 3.63) is 59.9 Å². The number of nitrogens with zero attached hydrogens (tertiary/aromatic N) is 5. The molecular formula is C19H22N6O. The molecular weight excluding hydrogens is 328 g/mol. The van der Waals surface area contributed by atoms with Gasteiger partial charge in [-0.2, -0.15) is 5.21 Å². The van der Waals surface area contributed by atoms with E-state index in [0.717, 1.165) is 50.3 Å². The quantitative estimate of drug-likeness (QED) is 0.705. The molecule has 0 amide bonds. The smallest absolute Gasteiger partial charge is 0.204 e. The van der Waals surface area contributed by atoms with E-state index in [-0.39, 0.29) is 0 Å². The number of hydrogen-bond acceptors (Lipinski definition) is 6. The second-order valence-electron chi connectivity index (χ2n) is 6.56. The molecule has 0 bridgehead atoms. The summed E-state index contributed by atoms with van der Waals surface area (Å²) in [4.78, 5) is 6.88. The highest BCUT2D eigenvalue weighted by Crippen LogP contribution is 2.19. The molecule has 4 rings (SSSR count). The Balaban J connectivity index is 1.46. The van der Waals surface area contributed by atoms with Crippen LogP contribution >= 0.6 is 0 Å². The van der Waals surface area contributed by atoms with Crippen molar-refractivity contribution in [3.8, 4) is 11.4 Å². The van der Waals surface area contributed by atoms with Crippen molar-refractivity contribution in [1.29, 1.82) is 0 Å². The van der Waals surface area contributed by atoms with Crippen molar-refractivity contribution < 1.29 is 4.74 Å². The zero-order valence-corrected chi connectivity index (χ0v) is 14.6. The fourth-order valence-electron chi connectivity index (χ4n) is 3.28. The molecule has 0 saturated carbocycles. The predicted molar refractivity (Wildman–Crippen MR) is 96.9 cm³/mol. The summed E-state index contributed by atoms with van der Waals surface area (Å²) in [7, 11) is 0. The van der Waals surface area contributed by atoms with Gasteiger partial charge in [0.15, 0.2) is 0 Å². The van der Waals surface area contributed by atoms with E-state index in [2.05, 4.69) is 48.7 Å². The van der Waals surface area contributed by atoms with Gasteiger partial charge in [0.2, 0.25) is 5.82 Å². The molecule has 3 aromatic rings. The van der Waals surface area contributed by atoms with Crippen molar-refractivity contribution >= 4 is 0 Å². The third-order valence-electron chi connectivity index (χ3n) is 4.56. The molecule has 2 aromatic heterocycles. The molecule has 134 valence electrons. The summed E-state index contributed by atoms with van der Waals surface area (Å²) in [6.07, 6.45) is 4.45. The number of aromatic nitrogens is 5.